The van der Waals surface area contributed by atoms with Crippen molar-refractivity contribution in [3.63, 3.8) is 0 Å². The highest BCUT2D eigenvalue weighted by molar-refractivity contribution is 6.21. The molecule has 4 N–H and O–H groups in total. The van der Waals surface area contributed by atoms with Crippen molar-refractivity contribution in [3.8, 4) is 0 Å². The lowest BCUT2D eigenvalue weighted by Gasteiger charge is -2.29. The van der Waals surface area contributed by atoms with Crippen LogP contribution in [0.4, 0.5) is 15.8 Å². The number of nitrogens with one attached hydrogen (secondary N) is 2. The lowest BCUT2D eigenvalue weighted by atomic mass is 9.93. The highest BCUT2D eigenvalue weighted by Gasteiger charge is 2.20. The number of halogens is 1. The summed E-state index contributed by atoms with van der Waals surface area (Å²) in [5, 5.41) is 9.76. The Labute approximate surface area is 251 Å². The van der Waals surface area contributed by atoms with Crippen LogP contribution in [0.1, 0.15) is 45.1 Å². The number of aryl methyl sites for hydroxylation is 1. The molecule has 0 radical (unpaired) electrons. The number of allylic oxidation sites excluding steroid dienone is 1. The van der Waals surface area contributed by atoms with Crippen LogP contribution < -0.4 is 16.4 Å². The number of hydrogen-bond donors (Lipinski definition) is 3. The second-order valence-electron chi connectivity index (χ2n) is 10.5. The van der Waals surface area contributed by atoms with Crippen LogP contribution in [0, 0.1) is 11.7 Å². The van der Waals surface area contributed by atoms with E-state index in [1.54, 1.807) is 43.2 Å². The number of primary amides is 1. The largest absolute Gasteiger partial charge is 0.388 e. The van der Waals surface area contributed by atoms with Gasteiger partial charge in [0, 0.05) is 50.4 Å². The summed E-state index contributed by atoms with van der Waals surface area (Å²) in [6.07, 6.45) is 12.8. The third kappa shape index (κ3) is 10.1. The predicted octanol–water partition coefficient (Wildman–Crippen LogP) is 3.60. The molecule has 4 rings (SSSR count). The SMILES string of the molecule is CCC1\C=C(c2cnn(C)c2)/N=C\C(C)=C(/C(=O)Nc2cc(NC)ccc2F)C=N1.NC(=O)CC1CCN(CC=O)CC1. The average molecular weight is 593 g/mol. The zero-order valence-electron chi connectivity index (χ0n) is 25.2. The summed E-state index contributed by atoms with van der Waals surface area (Å²) < 4.78 is 15.9. The van der Waals surface area contributed by atoms with E-state index < -0.39 is 11.7 Å². The van der Waals surface area contributed by atoms with Gasteiger partial charge in [0.1, 0.15) is 12.1 Å². The Morgan fingerprint density at radius 2 is 1.95 bits per heavy atom. The molecule has 2 aliphatic heterocycles. The minimum Gasteiger partial charge on any atom is -0.388 e. The number of aliphatic imine (C=N–C) groups is 2. The number of anilines is 2. The first-order chi connectivity index (χ1) is 20.6. The number of benzene rings is 1. The molecule has 11 nitrogen and oxygen atoms in total. The molecule has 1 saturated heterocycles. The maximum atomic E-state index is 14.2. The number of likely N-dealkylation sites (tertiary alicyclic amines) is 1. The molecule has 1 aromatic carbocycles. The topological polar surface area (TPSA) is 147 Å². The Morgan fingerprint density at radius 1 is 1.21 bits per heavy atom. The molecule has 0 bridgehead atoms. The van der Waals surface area contributed by atoms with Gasteiger partial charge in [-0.25, -0.2) is 4.39 Å². The van der Waals surface area contributed by atoms with Crippen LogP contribution in [-0.4, -0.2) is 77.9 Å². The maximum Gasteiger partial charge on any atom is 0.257 e. The first-order valence-corrected chi connectivity index (χ1v) is 14.3. The number of nitrogens with two attached hydrogens (primary N) is 1. The quantitative estimate of drug-likeness (QED) is 0.379. The number of amides is 2. The zero-order valence-corrected chi connectivity index (χ0v) is 25.2. The van der Waals surface area contributed by atoms with Gasteiger partial charge in [0.05, 0.1) is 35.7 Å². The maximum absolute atomic E-state index is 14.2. The van der Waals surface area contributed by atoms with E-state index in [0.29, 0.717) is 35.7 Å². The van der Waals surface area contributed by atoms with Crippen LogP contribution in [0.3, 0.4) is 0 Å². The van der Waals surface area contributed by atoms with E-state index in [1.165, 1.54) is 12.3 Å². The molecule has 1 atom stereocenters. The first-order valence-electron chi connectivity index (χ1n) is 14.3. The predicted molar refractivity (Wildman–Crippen MR) is 169 cm³/mol. The lowest BCUT2D eigenvalue weighted by Crippen LogP contribution is -2.36. The van der Waals surface area contributed by atoms with Crippen molar-refractivity contribution in [3.05, 3.63) is 59.2 Å². The van der Waals surface area contributed by atoms with E-state index >= 15 is 0 Å². The minimum atomic E-state index is -0.513. The molecular weight excluding hydrogens is 551 g/mol. The fourth-order valence-electron chi connectivity index (χ4n) is 4.69. The fourth-order valence-corrected chi connectivity index (χ4v) is 4.69. The van der Waals surface area contributed by atoms with Crippen molar-refractivity contribution in [2.24, 2.45) is 28.7 Å². The van der Waals surface area contributed by atoms with Crippen molar-refractivity contribution in [1.29, 1.82) is 0 Å². The molecule has 1 unspecified atom stereocenters. The van der Waals surface area contributed by atoms with E-state index in [2.05, 4.69) is 30.6 Å². The van der Waals surface area contributed by atoms with Gasteiger partial charge in [-0.1, -0.05) is 6.92 Å². The molecule has 1 aromatic heterocycles. The van der Waals surface area contributed by atoms with Crippen LogP contribution in [-0.2, 0) is 21.4 Å². The molecule has 0 aliphatic carbocycles. The van der Waals surface area contributed by atoms with E-state index in [1.807, 2.05) is 26.2 Å². The van der Waals surface area contributed by atoms with Gasteiger partial charge in [-0.2, -0.15) is 5.10 Å². The molecule has 230 valence electrons. The van der Waals surface area contributed by atoms with Crippen LogP contribution in [0.15, 0.2) is 57.8 Å². The molecule has 0 spiro atoms. The Kier molecular flexibility index (Phi) is 12.5. The van der Waals surface area contributed by atoms with Crippen LogP contribution in [0.25, 0.3) is 5.70 Å². The molecule has 43 heavy (non-hydrogen) atoms. The molecule has 3 heterocycles. The summed E-state index contributed by atoms with van der Waals surface area (Å²) in [6, 6.07) is 4.29. The summed E-state index contributed by atoms with van der Waals surface area (Å²) in [5.74, 6) is -0.745. The normalized spacial score (nSPS) is 21.2. The average Bonchev–Trinajstić information content (AvgIpc) is 3.44. The number of rotatable bonds is 9. The van der Waals surface area contributed by atoms with Crippen molar-refractivity contribution in [2.75, 3.05) is 37.3 Å². The van der Waals surface area contributed by atoms with Gasteiger partial charge in [0.25, 0.3) is 5.91 Å². The molecule has 2 aromatic rings. The number of nitrogens with zero attached hydrogens (tertiary/aromatic N) is 5. The molecular formula is C31H41FN8O3. The Balaban J connectivity index is 0.000000326. The number of carbonyl (C=O) groups excluding carboxylic acids is 3. The summed E-state index contributed by atoms with van der Waals surface area (Å²) >= 11 is 0. The number of piperidine rings is 1. The number of hydrogen-bond acceptors (Lipinski definition) is 8. The smallest absolute Gasteiger partial charge is 0.257 e. The van der Waals surface area contributed by atoms with Crippen LogP contribution in [0.2, 0.25) is 0 Å². The molecule has 0 saturated carbocycles. The van der Waals surface area contributed by atoms with E-state index in [9.17, 15) is 18.8 Å². The van der Waals surface area contributed by atoms with Gasteiger partial charge in [-0.3, -0.25) is 29.2 Å². The second kappa shape index (κ2) is 16.3. The van der Waals surface area contributed by atoms with Gasteiger partial charge in [0.2, 0.25) is 5.91 Å². The Hall–Kier alpha value is -4.45. The van der Waals surface area contributed by atoms with E-state index in [-0.39, 0.29) is 17.6 Å². The number of aromatic nitrogens is 2. The third-order valence-corrected chi connectivity index (χ3v) is 7.26. The van der Waals surface area contributed by atoms with Crippen molar-refractivity contribution in [2.45, 2.75) is 45.6 Å². The molecule has 12 heteroatoms. The van der Waals surface area contributed by atoms with Crippen LogP contribution >= 0.6 is 0 Å². The summed E-state index contributed by atoms with van der Waals surface area (Å²) in [7, 11) is 3.57. The molecule has 2 aliphatic rings. The fraction of sp³-hybridized carbons (Fsp3) is 0.419. The van der Waals surface area contributed by atoms with Gasteiger partial charge < -0.3 is 21.2 Å². The van der Waals surface area contributed by atoms with Crippen molar-refractivity contribution in [1.82, 2.24) is 14.7 Å². The monoisotopic (exact) mass is 592 g/mol. The standard InChI is InChI=1S/C22H25FN6O.C9H16N2O2/c1-5-16-8-20(15-11-27-29(4)13-15)26-10-14(2)18(12-25-16)22(30)28-21-9-17(24-3)6-7-19(21)23;10-9(13)7-8-1-3-11(4-2-8)5-6-12/h6-13,16,24H,5H2,1-4H3,(H,28,30);6,8H,1-5,7H2,(H2,10,13)/b18-14-,20-8-,25-12?,26-10-;. The van der Waals surface area contributed by atoms with Crippen molar-refractivity contribution >= 4 is 47.6 Å². The lowest BCUT2D eigenvalue weighted by molar-refractivity contribution is -0.119. The Morgan fingerprint density at radius 3 is 2.56 bits per heavy atom. The number of carbonyl (C=O) groups is 3. The van der Waals surface area contributed by atoms with Crippen molar-refractivity contribution < 1.29 is 18.8 Å². The minimum absolute atomic E-state index is 0.0959. The molecule has 2 amide bonds. The summed E-state index contributed by atoms with van der Waals surface area (Å²) in [4.78, 5) is 45.0. The number of aldehydes is 1. The summed E-state index contributed by atoms with van der Waals surface area (Å²) in [5.41, 5.74) is 8.45. The first kappa shape index (κ1) is 33.1. The highest BCUT2D eigenvalue weighted by Crippen LogP contribution is 2.23. The van der Waals surface area contributed by atoms with Gasteiger partial charge >= 0.3 is 0 Å². The van der Waals surface area contributed by atoms with Gasteiger partial charge in [0.15, 0.2) is 0 Å². The third-order valence-electron chi connectivity index (χ3n) is 7.26. The van der Waals surface area contributed by atoms with Crippen LogP contribution in [0.5, 0.6) is 0 Å². The summed E-state index contributed by atoms with van der Waals surface area (Å²) in [6.45, 7) is 6.13. The van der Waals surface area contributed by atoms with Gasteiger partial charge in [-0.15, -0.1) is 0 Å². The molecule has 1 fully saturated rings. The zero-order chi connectivity index (χ0) is 31.4. The van der Waals surface area contributed by atoms with E-state index in [0.717, 1.165) is 49.9 Å². The van der Waals surface area contributed by atoms with E-state index in [4.69, 9.17) is 5.73 Å². The van der Waals surface area contributed by atoms with Gasteiger partial charge in [-0.05, 0) is 75.0 Å². The highest BCUT2D eigenvalue weighted by atomic mass is 19.1. The Bertz CT molecular complexity index is 1400. The second-order valence-corrected chi connectivity index (χ2v) is 10.5.